The van der Waals surface area contributed by atoms with E-state index in [0.29, 0.717) is 243 Å². The number of hydrogen-bond acceptors (Lipinski definition) is 21. The molecule has 460 valence electrons. The molecule has 0 bridgehead atoms. The van der Waals surface area contributed by atoms with Crippen molar-refractivity contribution in [2.75, 3.05) is 191 Å². The molecule has 26 nitrogen and oxygen atoms in total. The summed E-state index contributed by atoms with van der Waals surface area (Å²) in [5.74, 6) is -0.899. The molecule has 0 aliphatic carbocycles. The lowest BCUT2D eigenvalue weighted by molar-refractivity contribution is -0.129. The zero-order valence-electron chi connectivity index (χ0n) is 47.3. The van der Waals surface area contributed by atoms with Crippen molar-refractivity contribution >= 4 is 29.5 Å². The SMILES string of the molecule is NCCCC[C@H](NC(=O)[C@@H](N)CCCCN)C(=O)NCCCOCCOCCOCCCNC(=O)CCOCCOCCOCCOCCOCCC(=O)NCCCOCCOCCOCCCNC(=O)[C@@H](N)CCCCN. The smallest absolute Gasteiger partial charge is 0.242 e. The maximum Gasteiger partial charge on any atom is 0.242 e. The van der Waals surface area contributed by atoms with E-state index in [0.717, 1.165) is 32.1 Å². The highest BCUT2D eigenvalue weighted by molar-refractivity contribution is 5.89. The fourth-order valence-corrected chi connectivity index (χ4v) is 6.72. The van der Waals surface area contributed by atoms with E-state index < -0.39 is 18.1 Å². The quantitative estimate of drug-likeness (QED) is 0.0310. The summed E-state index contributed by atoms with van der Waals surface area (Å²) in [5.41, 5.74) is 28.4. The number of hydrogen-bond donors (Lipinski definition) is 10. The largest absolute Gasteiger partial charge is 0.379 e. The first-order chi connectivity index (χ1) is 38.2. The standard InChI is InChI=1S/C52H106N10O16/c53-16-4-1-11-45(56)50(65)60-21-9-25-70-31-37-74-35-29-68-23-7-19-58-48(63)14-27-72-33-39-76-41-43-78-44-42-77-40-34-73-28-15-49(64)59-20-8-24-69-30-36-75-38-32-71-26-10-22-61-52(67)47(13-3-6-18-55)62-51(66)46(57)12-2-5-17-54/h45-47H,1-44,53-57H2,(H,58,63)(H,59,64)(H,60,65)(H,61,67)(H,62,66)/t45-,46-,47-/m0/s1. The second-order valence-corrected chi connectivity index (χ2v) is 18.1. The van der Waals surface area contributed by atoms with Crippen LogP contribution in [0, 0.1) is 0 Å². The minimum absolute atomic E-state index is 0.0814. The number of amides is 5. The number of nitrogens with one attached hydrogen (secondary N) is 5. The van der Waals surface area contributed by atoms with Crippen molar-refractivity contribution in [3.8, 4) is 0 Å². The molecular weight excluding hydrogens is 1020 g/mol. The van der Waals surface area contributed by atoms with E-state index in [1.54, 1.807) is 0 Å². The molecule has 0 aromatic rings. The molecule has 3 atom stereocenters. The third-order valence-electron chi connectivity index (χ3n) is 11.2. The Morgan fingerprint density at radius 3 is 0.897 bits per heavy atom. The van der Waals surface area contributed by atoms with Crippen LogP contribution in [0.15, 0.2) is 0 Å². The normalized spacial score (nSPS) is 12.5. The first kappa shape index (κ1) is 74.7. The van der Waals surface area contributed by atoms with E-state index in [4.69, 9.17) is 80.8 Å². The van der Waals surface area contributed by atoms with Gasteiger partial charge in [0.1, 0.15) is 6.04 Å². The molecule has 0 heterocycles. The summed E-state index contributed by atoms with van der Waals surface area (Å²) < 4.78 is 60.7. The molecule has 26 heteroatoms. The third kappa shape index (κ3) is 53.4. The number of nitrogens with two attached hydrogens (primary N) is 5. The van der Waals surface area contributed by atoms with Gasteiger partial charge in [0, 0.05) is 65.4 Å². The highest BCUT2D eigenvalue weighted by atomic mass is 16.6. The summed E-state index contributed by atoms with van der Waals surface area (Å²) in [7, 11) is 0. The van der Waals surface area contributed by atoms with Gasteiger partial charge in [-0.1, -0.05) is 12.8 Å². The molecule has 0 fully saturated rings. The fraction of sp³-hybridized carbons (Fsp3) is 0.904. The molecule has 0 rings (SSSR count). The molecule has 0 aromatic heterocycles. The first-order valence-corrected chi connectivity index (χ1v) is 28.5. The van der Waals surface area contributed by atoms with Gasteiger partial charge in [-0.2, -0.15) is 0 Å². The van der Waals surface area contributed by atoms with Crippen LogP contribution in [0.5, 0.6) is 0 Å². The van der Waals surface area contributed by atoms with Crippen molar-refractivity contribution < 1.29 is 76.1 Å². The van der Waals surface area contributed by atoms with E-state index in [-0.39, 0.29) is 42.4 Å². The van der Waals surface area contributed by atoms with Crippen molar-refractivity contribution in [2.45, 2.75) is 114 Å². The predicted molar refractivity (Wildman–Crippen MR) is 295 cm³/mol. The summed E-state index contributed by atoms with van der Waals surface area (Å²) in [4.78, 5) is 61.3. The number of rotatable bonds is 62. The minimum atomic E-state index is -0.680. The average Bonchev–Trinajstić information content (AvgIpc) is 3.43. The van der Waals surface area contributed by atoms with Crippen molar-refractivity contribution in [1.82, 2.24) is 26.6 Å². The topological polar surface area (TPSA) is 377 Å². The number of carbonyl (C=O) groups is 5. The Morgan fingerprint density at radius 1 is 0.295 bits per heavy atom. The molecule has 0 unspecified atom stereocenters. The van der Waals surface area contributed by atoms with Gasteiger partial charge in [-0.3, -0.25) is 24.0 Å². The van der Waals surface area contributed by atoms with Crippen LogP contribution in [0.4, 0.5) is 0 Å². The fourth-order valence-electron chi connectivity index (χ4n) is 6.72. The lowest BCUT2D eigenvalue weighted by Gasteiger charge is -2.21. The molecule has 78 heavy (non-hydrogen) atoms. The van der Waals surface area contributed by atoms with E-state index in [2.05, 4.69) is 26.6 Å². The van der Waals surface area contributed by atoms with Crippen molar-refractivity contribution in [3.05, 3.63) is 0 Å². The van der Waals surface area contributed by atoms with Gasteiger partial charge >= 0.3 is 0 Å². The Balaban J connectivity index is 3.43. The highest BCUT2D eigenvalue weighted by Gasteiger charge is 2.23. The van der Waals surface area contributed by atoms with E-state index >= 15 is 0 Å². The van der Waals surface area contributed by atoms with Crippen LogP contribution in [0.3, 0.4) is 0 Å². The first-order valence-electron chi connectivity index (χ1n) is 28.5. The molecule has 0 radical (unpaired) electrons. The van der Waals surface area contributed by atoms with E-state index in [1.807, 2.05) is 0 Å². The van der Waals surface area contributed by atoms with Crippen LogP contribution in [-0.4, -0.2) is 239 Å². The molecule has 0 saturated heterocycles. The van der Waals surface area contributed by atoms with E-state index in [1.165, 1.54) is 0 Å². The summed E-state index contributed by atoms with van der Waals surface area (Å²) in [6.07, 6.45) is 9.57. The lowest BCUT2D eigenvalue weighted by Crippen LogP contribution is -2.51. The third-order valence-corrected chi connectivity index (χ3v) is 11.2. The summed E-state index contributed by atoms with van der Waals surface area (Å²) in [6.45, 7) is 12.9. The number of ether oxygens (including phenoxy) is 11. The van der Waals surface area contributed by atoms with Gasteiger partial charge in [0.15, 0.2) is 0 Å². The van der Waals surface area contributed by atoms with Crippen LogP contribution in [-0.2, 0) is 76.1 Å². The van der Waals surface area contributed by atoms with Crippen molar-refractivity contribution in [1.29, 1.82) is 0 Å². The predicted octanol–water partition coefficient (Wildman–Crippen LogP) is -1.50. The van der Waals surface area contributed by atoms with Crippen LogP contribution in [0.1, 0.15) is 96.3 Å². The van der Waals surface area contributed by atoms with Gasteiger partial charge in [0.05, 0.1) is 131 Å². The van der Waals surface area contributed by atoms with Crippen LogP contribution < -0.4 is 55.3 Å². The highest BCUT2D eigenvalue weighted by Crippen LogP contribution is 2.05. The molecule has 5 amide bonds. The second kappa shape index (κ2) is 59.8. The summed E-state index contributed by atoms with van der Waals surface area (Å²) in [5, 5.41) is 14.2. The van der Waals surface area contributed by atoms with Crippen LogP contribution >= 0.6 is 0 Å². The van der Waals surface area contributed by atoms with Gasteiger partial charge < -0.3 is 107 Å². The van der Waals surface area contributed by atoms with Gasteiger partial charge in [0.2, 0.25) is 29.5 Å². The van der Waals surface area contributed by atoms with Crippen LogP contribution in [0.2, 0.25) is 0 Å². The average molecular weight is 1130 g/mol. The Kier molecular flexibility index (Phi) is 57.3. The molecular formula is C52H106N10O16. The molecule has 15 N–H and O–H groups in total. The molecule has 0 aliphatic heterocycles. The molecule has 0 spiro atoms. The monoisotopic (exact) mass is 1130 g/mol. The van der Waals surface area contributed by atoms with Gasteiger partial charge in [-0.25, -0.2) is 0 Å². The Bertz CT molecular complexity index is 1390. The Morgan fingerprint density at radius 2 is 0.564 bits per heavy atom. The number of carbonyl (C=O) groups excluding carboxylic acids is 5. The maximum atomic E-state index is 12.8. The lowest BCUT2D eigenvalue weighted by atomic mass is 10.1. The minimum Gasteiger partial charge on any atom is -0.379 e. The van der Waals surface area contributed by atoms with Gasteiger partial charge in [-0.05, 0) is 90.3 Å². The maximum absolute atomic E-state index is 12.8. The summed E-state index contributed by atoms with van der Waals surface area (Å²) in [6, 6.07) is -1.84. The zero-order valence-corrected chi connectivity index (χ0v) is 47.3. The summed E-state index contributed by atoms with van der Waals surface area (Å²) >= 11 is 0. The number of unbranched alkanes of at least 4 members (excludes halogenated alkanes) is 3. The molecule has 0 aliphatic rings. The van der Waals surface area contributed by atoms with Gasteiger partial charge in [0.25, 0.3) is 0 Å². The Hall–Kier alpha value is -3.29. The van der Waals surface area contributed by atoms with Crippen molar-refractivity contribution in [3.63, 3.8) is 0 Å². The van der Waals surface area contributed by atoms with Gasteiger partial charge in [-0.15, -0.1) is 0 Å². The second-order valence-electron chi connectivity index (χ2n) is 18.1. The zero-order chi connectivity index (χ0) is 57.0. The van der Waals surface area contributed by atoms with Crippen molar-refractivity contribution in [2.24, 2.45) is 28.7 Å². The Labute approximate surface area is 465 Å². The molecule has 0 aromatic carbocycles. The molecule has 0 saturated carbocycles. The van der Waals surface area contributed by atoms with Crippen LogP contribution in [0.25, 0.3) is 0 Å². The van der Waals surface area contributed by atoms with E-state index in [9.17, 15) is 24.0 Å².